The van der Waals surface area contributed by atoms with Crippen LogP contribution >= 0.6 is 0 Å². The van der Waals surface area contributed by atoms with Crippen LogP contribution in [0.4, 0.5) is 21.5 Å². The van der Waals surface area contributed by atoms with E-state index < -0.39 is 10.8 Å². The van der Waals surface area contributed by atoms with Gasteiger partial charge in [0.05, 0.1) is 22.3 Å². The van der Waals surface area contributed by atoms with Crippen molar-refractivity contribution in [3.05, 3.63) is 63.5 Å². The molecule has 2 aromatic rings. The summed E-state index contributed by atoms with van der Waals surface area (Å²) in [4.78, 5) is 24.4. The van der Waals surface area contributed by atoms with Crippen molar-refractivity contribution >= 4 is 23.0 Å². The van der Waals surface area contributed by atoms with Crippen molar-refractivity contribution in [2.45, 2.75) is 25.5 Å². The van der Waals surface area contributed by atoms with E-state index in [2.05, 4.69) is 10.6 Å². The number of aliphatic hydroxyl groups is 1. The normalized spacial score (nSPS) is 14.5. The molecule has 0 radical (unpaired) electrons. The van der Waals surface area contributed by atoms with Gasteiger partial charge in [0, 0.05) is 44.5 Å². The van der Waals surface area contributed by atoms with Crippen LogP contribution in [-0.4, -0.2) is 42.2 Å². The Morgan fingerprint density at radius 2 is 2.00 bits per heavy atom. The van der Waals surface area contributed by atoms with Gasteiger partial charge in [-0.1, -0.05) is 6.07 Å². The fourth-order valence-electron chi connectivity index (χ4n) is 3.34. The van der Waals surface area contributed by atoms with Gasteiger partial charge in [-0.3, -0.25) is 14.9 Å². The molecule has 29 heavy (non-hydrogen) atoms. The maximum atomic E-state index is 14.6. The number of hydrogen-bond acceptors (Lipinski definition) is 6. The summed E-state index contributed by atoms with van der Waals surface area (Å²) in [5.41, 5.74) is 1.55. The zero-order valence-electron chi connectivity index (χ0n) is 16.0. The predicted octanol–water partition coefficient (Wildman–Crippen LogP) is 2.67. The highest BCUT2D eigenvalue weighted by molar-refractivity contribution is 6.00. The molecule has 1 saturated heterocycles. The molecule has 0 atom stereocenters. The molecule has 0 unspecified atom stereocenters. The van der Waals surface area contributed by atoms with E-state index in [1.54, 1.807) is 12.1 Å². The summed E-state index contributed by atoms with van der Waals surface area (Å²) < 4.78 is 14.6. The summed E-state index contributed by atoms with van der Waals surface area (Å²) in [6, 6.07) is 8.91. The molecule has 1 heterocycles. The van der Waals surface area contributed by atoms with Crippen molar-refractivity contribution in [2.75, 3.05) is 30.4 Å². The number of anilines is 2. The molecule has 0 saturated carbocycles. The second kappa shape index (κ2) is 8.87. The maximum Gasteiger partial charge on any atom is 0.270 e. The Labute approximate surface area is 167 Å². The van der Waals surface area contributed by atoms with Crippen LogP contribution in [-0.2, 0) is 6.54 Å². The summed E-state index contributed by atoms with van der Waals surface area (Å²) >= 11 is 0. The lowest BCUT2D eigenvalue weighted by Gasteiger charge is -2.31. The first-order chi connectivity index (χ1) is 13.9. The number of rotatable bonds is 6. The van der Waals surface area contributed by atoms with Crippen molar-refractivity contribution in [3.8, 4) is 0 Å². The molecule has 1 aliphatic heterocycles. The van der Waals surface area contributed by atoms with Crippen molar-refractivity contribution in [3.63, 3.8) is 0 Å². The number of nitrogens with zero attached hydrogens (tertiary/aromatic N) is 2. The number of benzene rings is 2. The molecule has 1 fully saturated rings. The number of carbonyl (C=O) groups excluding carboxylic acids is 1. The Morgan fingerprint density at radius 1 is 1.28 bits per heavy atom. The molecule has 154 valence electrons. The van der Waals surface area contributed by atoms with E-state index in [0.29, 0.717) is 42.9 Å². The van der Waals surface area contributed by atoms with Crippen LogP contribution in [0.1, 0.15) is 28.8 Å². The van der Waals surface area contributed by atoms with E-state index >= 15 is 0 Å². The molecule has 0 aliphatic carbocycles. The van der Waals surface area contributed by atoms with Gasteiger partial charge in [0.1, 0.15) is 5.82 Å². The smallest absolute Gasteiger partial charge is 0.270 e. The standard InChI is InChI=1S/C20H23FN4O4/c1-22-20(27)16-11-14(25(28)29)3-4-18(16)23-12-13-2-5-19(17(21)10-13)24-8-6-15(26)7-9-24/h2-5,10-11,15,23,26H,6-9,12H2,1H3,(H,22,27). The molecule has 2 aromatic carbocycles. The Balaban J connectivity index is 1.73. The second-order valence-corrected chi connectivity index (χ2v) is 6.92. The first-order valence-corrected chi connectivity index (χ1v) is 9.35. The molecular weight excluding hydrogens is 379 g/mol. The Kier molecular flexibility index (Phi) is 6.28. The Hall–Kier alpha value is -3.20. The lowest BCUT2D eigenvalue weighted by molar-refractivity contribution is -0.384. The van der Waals surface area contributed by atoms with E-state index in [4.69, 9.17) is 0 Å². The second-order valence-electron chi connectivity index (χ2n) is 6.92. The van der Waals surface area contributed by atoms with Gasteiger partial charge in [-0.25, -0.2) is 4.39 Å². The highest BCUT2D eigenvalue weighted by Gasteiger charge is 2.20. The number of aliphatic hydroxyl groups excluding tert-OH is 1. The van der Waals surface area contributed by atoms with Crippen LogP contribution < -0.4 is 15.5 Å². The van der Waals surface area contributed by atoms with E-state index in [0.717, 1.165) is 0 Å². The number of carbonyl (C=O) groups is 1. The van der Waals surface area contributed by atoms with Crippen molar-refractivity contribution < 1.29 is 19.2 Å². The van der Waals surface area contributed by atoms with Crippen LogP contribution in [0.5, 0.6) is 0 Å². The van der Waals surface area contributed by atoms with Gasteiger partial charge in [-0.2, -0.15) is 0 Å². The van der Waals surface area contributed by atoms with Crippen LogP contribution in [0.3, 0.4) is 0 Å². The fraction of sp³-hybridized carbons (Fsp3) is 0.350. The van der Waals surface area contributed by atoms with Crippen molar-refractivity contribution in [1.82, 2.24) is 5.32 Å². The zero-order valence-corrected chi connectivity index (χ0v) is 16.0. The van der Waals surface area contributed by atoms with Gasteiger partial charge in [0.15, 0.2) is 0 Å². The van der Waals surface area contributed by atoms with E-state index in [9.17, 15) is 24.4 Å². The first-order valence-electron chi connectivity index (χ1n) is 9.35. The van der Waals surface area contributed by atoms with Gasteiger partial charge in [-0.15, -0.1) is 0 Å². The third kappa shape index (κ3) is 4.80. The summed E-state index contributed by atoms with van der Waals surface area (Å²) in [6.45, 7) is 1.46. The molecular formula is C20H23FN4O4. The fourth-order valence-corrected chi connectivity index (χ4v) is 3.34. The molecule has 0 spiro atoms. The average molecular weight is 402 g/mol. The Morgan fingerprint density at radius 3 is 2.62 bits per heavy atom. The SMILES string of the molecule is CNC(=O)c1cc([N+](=O)[O-])ccc1NCc1ccc(N2CCC(O)CC2)c(F)c1. The molecule has 1 amide bonds. The van der Waals surface area contributed by atoms with E-state index in [1.165, 1.54) is 31.3 Å². The number of halogens is 1. The third-order valence-electron chi connectivity index (χ3n) is 4.99. The molecule has 3 N–H and O–H groups in total. The minimum Gasteiger partial charge on any atom is -0.393 e. The number of nitrogens with one attached hydrogen (secondary N) is 2. The molecule has 0 aromatic heterocycles. The monoisotopic (exact) mass is 402 g/mol. The zero-order chi connectivity index (χ0) is 21.0. The van der Waals surface area contributed by atoms with Crippen molar-refractivity contribution in [2.24, 2.45) is 0 Å². The maximum absolute atomic E-state index is 14.6. The number of amides is 1. The van der Waals surface area contributed by atoms with Crippen LogP contribution in [0.2, 0.25) is 0 Å². The average Bonchev–Trinajstić information content (AvgIpc) is 2.72. The number of nitro benzene ring substituents is 1. The third-order valence-corrected chi connectivity index (χ3v) is 4.99. The highest BCUT2D eigenvalue weighted by Crippen LogP contribution is 2.26. The quantitative estimate of drug-likeness (QED) is 0.507. The van der Waals surface area contributed by atoms with Gasteiger partial charge in [0.25, 0.3) is 11.6 Å². The number of nitro groups is 1. The van der Waals surface area contributed by atoms with Crippen LogP contribution in [0, 0.1) is 15.9 Å². The van der Waals surface area contributed by atoms with Gasteiger partial charge in [0.2, 0.25) is 0 Å². The minimum absolute atomic E-state index is 0.144. The first kappa shape index (κ1) is 20.5. The number of piperidine rings is 1. The molecule has 0 bridgehead atoms. The van der Waals surface area contributed by atoms with Crippen LogP contribution in [0.25, 0.3) is 0 Å². The summed E-state index contributed by atoms with van der Waals surface area (Å²) in [5.74, 6) is -0.805. The molecule has 8 nitrogen and oxygen atoms in total. The molecule has 3 rings (SSSR count). The van der Waals surface area contributed by atoms with E-state index in [1.807, 2.05) is 4.90 Å². The lowest BCUT2D eigenvalue weighted by atomic mass is 10.1. The number of non-ortho nitro benzene ring substituents is 1. The largest absolute Gasteiger partial charge is 0.393 e. The topological polar surface area (TPSA) is 108 Å². The molecule has 9 heteroatoms. The summed E-state index contributed by atoms with van der Waals surface area (Å²) in [5, 5.41) is 26.1. The van der Waals surface area contributed by atoms with Gasteiger partial charge < -0.3 is 20.6 Å². The summed E-state index contributed by atoms with van der Waals surface area (Å²) in [7, 11) is 1.44. The van der Waals surface area contributed by atoms with Crippen LogP contribution in [0.15, 0.2) is 36.4 Å². The minimum atomic E-state index is -0.566. The predicted molar refractivity (Wildman–Crippen MR) is 108 cm³/mol. The van der Waals surface area contributed by atoms with Gasteiger partial charge >= 0.3 is 0 Å². The molecule has 1 aliphatic rings. The summed E-state index contributed by atoms with van der Waals surface area (Å²) in [6.07, 6.45) is 0.907. The number of hydrogen-bond donors (Lipinski definition) is 3. The van der Waals surface area contributed by atoms with Gasteiger partial charge in [-0.05, 0) is 36.6 Å². The van der Waals surface area contributed by atoms with E-state index in [-0.39, 0.29) is 29.7 Å². The Bertz CT molecular complexity index is 913. The highest BCUT2D eigenvalue weighted by atomic mass is 19.1. The van der Waals surface area contributed by atoms with Crippen molar-refractivity contribution in [1.29, 1.82) is 0 Å². The lowest BCUT2D eigenvalue weighted by Crippen LogP contribution is -2.36.